The molecule has 0 bridgehead atoms. The quantitative estimate of drug-likeness (QED) is 0.537. The van der Waals surface area contributed by atoms with Crippen LogP contribution in [-0.2, 0) is 10.0 Å². The third-order valence-electron chi connectivity index (χ3n) is 4.27. The Balaban J connectivity index is 1.68. The number of benzene rings is 2. The molecule has 0 radical (unpaired) electrons. The van der Waals surface area contributed by atoms with Gasteiger partial charge < -0.3 is 0 Å². The van der Waals surface area contributed by atoms with Gasteiger partial charge in [0.05, 0.1) is 16.3 Å². The molecule has 2 heterocycles. The number of imidazole rings is 1. The standard InChI is InChI=1S/C20H16ClN5O2S/c1-13-10-18(14-2-6-16(21)7-3-14)25-20(24-13)26-11-19(23-12-26)15-4-8-17(9-5-15)29(22,27)28/h2-12H,1H3,(H2,22,27,28). The first-order valence-electron chi connectivity index (χ1n) is 8.59. The van der Waals surface area contributed by atoms with Gasteiger partial charge >= 0.3 is 0 Å². The van der Waals surface area contributed by atoms with Gasteiger partial charge in [-0.05, 0) is 37.3 Å². The molecule has 2 aromatic carbocycles. The molecule has 0 saturated heterocycles. The van der Waals surface area contributed by atoms with E-state index in [-0.39, 0.29) is 4.90 Å². The van der Waals surface area contributed by atoms with E-state index >= 15 is 0 Å². The van der Waals surface area contributed by atoms with Gasteiger partial charge in [-0.3, -0.25) is 4.57 Å². The van der Waals surface area contributed by atoms with E-state index in [2.05, 4.69) is 15.0 Å². The predicted molar refractivity (Wildman–Crippen MR) is 111 cm³/mol. The van der Waals surface area contributed by atoms with Crippen LogP contribution in [0.2, 0.25) is 5.02 Å². The molecule has 7 nitrogen and oxygen atoms in total. The molecule has 2 N–H and O–H groups in total. The average molecular weight is 426 g/mol. The monoisotopic (exact) mass is 425 g/mol. The first-order chi connectivity index (χ1) is 13.8. The van der Waals surface area contributed by atoms with Gasteiger partial charge in [-0.15, -0.1) is 0 Å². The number of primary sulfonamides is 1. The van der Waals surface area contributed by atoms with Crippen LogP contribution in [0.1, 0.15) is 5.69 Å². The molecule has 0 fully saturated rings. The Morgan fingerprint density at radius 2 is 1.55 bits per heavy atom. The van der Waals surface area contributed by atoms with Crippen LogP contribution in [0.5, 0.6) is 0 Å². The number of nitrogens with zero attached hydrogens (tertiary/aromatic N) is 4. The van der Waals surface area contributed by atoms with Crippen molar-refractivity contribution in [1.29, 1.82) is 0 Å². The molecule has 0 saturated carbocycles. The number of halogens is 1. The molecule has 4 rings (SSSR count). The molecule has 0 aliphatic carbocycles. The van der Waals surface area contributed by atoms with Gasteiger partial charge in [0.1, 0.15) is 6.33 Å². The molecule has 0 aliphatic rings. The Bertz CT molecular complexity index is 1280. The Kier molecular flexibility index (Phi) is 4.91. The summed E-state index contributed by atoms with van der Waals surface area (Å²) in [6.45, 7) is 1.90. The molecule has 0 aliphatic heterocycles. The van der Waals surface area contributed by atoms with E-state index in [0.29, 0.717) is 16.7 Å². The lowest BCUT2D eigenvalue weighted by Crippen LogP contribution is -2.11. The van der Waals surface area contributed by atoms with E-state index in [1.165, 1.54) is 12.1 Å². The van der Waals surface area contributed by atoms with E-state index in [1.807, 2.05) is 37.3 Å². The topological polar surface area (TPSA) is 104 Å². The summed E-state index contributed by atoms with van der Waals surface area (Å²) in [5.74, 6) is 0.481. The molecular weight excluding hydrogens is 410 g/mol. The minimum Gasteiger partial charge on any atom is -0.274 e. The van der Waals surface area contributed by atoms with Crippen molar-refractivity contribution in [3.05, 3.63) is 77.8 Å². The molecule has 9 heteroatoms. The van der Waals surface area contributed by atoms with E-state index in [1.54, 1.807) is 29.2 Å². The number of hydrogen-bond acceptors (Lipinski definition) is 5. The fourth-order valence-corrected chi connectivity index (χ4v) is 3.47. The van der Waals surface area contributed by atoms with Gasteiger partial charge in [-0.1, -0.05) is 35.9 Å². The minimum atomic E-state index is -3.73. The summed E-state index contributed by atoms with van der Waals surface area (Å²) in [4.78, 5) is 13.6. The molecule has 146 valence electrons. The average Bonchev–Trinajstić information content (AvgIpc) is 3.18. The second-order valence-corrected chi connectivity index (χ2v) is 8.43. The molecule has 2 aromatic heterocycles. The Morgan fingerprint density at radius 3 is 2.21 bits per heavy atom. The highest BCUT2D eigenvalue weighted by Crippen LogP contribution is 2.23. The summed E-state index contributed by atoms with van der Waals surface area (Å²) in [6, 6.07) is 15.5. The highest BCUT2D eigenvalue weighted by atomic mass is 35.5. The van der Waals surface area contributed by atoms with Crippen molar-refractivity contribution in [2.45, 2.75) is 11.8 Å². The second kappa shape index (κ2) is 7.40. The third-order valence-corrected chi connectivity index (χ3v) is 5.46. The maximum Gasteiger partial charge on any atom is 0.238 e. The van der Waals surface area contributed by atoms with E-state index in [0.717, 1.165) is 22.5 Å². The Morgan fingerprint density at radius 1 is 0.931 bits per heavy atom. The number of hydrogen-bond donors (Lipinski definition) is 1. The number of rotatable bonds is 4. The van der Waals surface area contributed by atoms with Crippen molar-refractivity contribution in [2.75, 3.05) is 0 Å². The largest absolute Gasteiger partial charge is 0.274 e. The summed E-state index contributed by atoms with van der Waals surface area (Å²) in [7, 11) is -3.73. The highest BCUT2D eigenvalue weighted by Gasteiger charge is 2.11. The fraction of sp³-hybridized carbons (Fsp3) is 0.0500. The van der Waals surface area contributed by atoms with Crippen molar-refractivity contribution in [3.8, 4) is 28.5 Å². The van der Waals surface area contributed by atoms with Crippen molar-refractivity contribution in [3.63, 3.8) is 0 Å². The van der Waals surface area contributed by atoms with Crippen molar-refractivity contribution in [1.82, 2.24) is 19.5 Å². The normalized spacial score (nSPS) is 11.6. The van der Waals surface area contributed by atoms with Gasteiger partial charge in [0.2, 0.25) is 16.0 Å². The van der Waals surface area contributed by atoms with Gasteiger partial charge in [-0.2, -0.15) is 0 Å². The van der Waals surface area contributed by atoms with E-state index < -0.39 is 10.0 Å². The Hall–Kier alpha value is -3.07. The van der Waals surface area contributed by atoms with E-state index in [4.69, 9.17) is 16.7 Å². The zero-order chi connectivity index (χ0) is 20.6. The summed E-state index contributed by atoms with van der Waals surface area (Å²) < 4.78 is 24.5. The third kappa shape index (κ3) is 4.19. The zero-order valence-electron chi connectivity index (χ0n) is 15.3. The van der Waals surface area contributed by atoms with Gasteiger partial charge in [0.25, 0.3) is 0 Å². The van der Waals surface area contributed by atoms with Crippen molar-refractivity contribution in [2.24, 2.45) is 5.14 Å². The van der Waals surface area contributed by atoms with Crippen LogP contribution in [0, 0.1) is 6.92 Å². The van der Waals surface area contributed by atoms with Crippen LogP contribution < -0.4 is 5.14 Å². The van der Waals surface area contributed by atoms with Gasteiger partial charge in [-0.25, -0.2) is 28.5 Å². The second-order valence-electron chi connectivity index (χ2n) is 6.44. The first kappa shape index (κ1) is 19.3. The molecule has 0 atom stereocenters. The van der Waals surface area contributed by atoms with Crippen LogP contribution in [0.3, 0.4) is 0 Å². The highest BCUT2D eigenvalue weighted by molar-refractivity contribution is 7.89. The van der Waals surface area contributed by atoms with Crippen LogP contribution in [0.25, 0.3) is 28.5 Å². The van der Waals surface area contributed by atoms with Crippen molar-refractivity contribution >= 4 is 21.6 Å². The molecule has 0 amide bonds. The van der Waals surface area contributed by atoms with Crippen LogP contribution in [0.15, 0.2) is 72.0 Å². The molecule has 0 spiro atoms. The minimum absolute atomic E-state index is 0.0512. The maximum atomic E-state index is 11.4. The first-order valence-corrected chi connectivity index (χ1v) is 10.5. The lowest BCUT2D eigenvalue weighted by atomic mass is 10.1. The zero-order valence-corrected chi connectivity index (χ0v) is 16.9. The molecule has 29 heavy (non-hydrogen) atoms. The lowest BCUT2D eigenvalue weighted by molar-refractivity contribution is 0.598. The van der Waals surface area contributed by atoms with Gasteiger partial charge in [0.15, 0.2) is 0 Å². The van der Waals surface area contributed by atoms with E-state index in [9.17, 15) is 8.42 Å². The maximum absolute atomic E-state index is 11.4. The van der Waals surface area contributed by atoms with Crippen LogP contribution >= 0.6 is 11.6 Å². The summed E-state index contributed by atoms with van der Waals surface area (Å²) in [5.41, 5.74) is 3.93. The van der Waals surface area contributed by atoms with Crippen molar-refractivity contribution < 1.29 is 8.42 Å². The SMILES string of the molecule is Cc1cc(-c2ccc(Cl)cc2)nc(-n2cnc(-c3ccc(S(N)(=O)=O)cc3)c2)n1. The number of nitrogens with two attached hydrogens (primary N) is 1. The van der Waals surface area contributed by atoms with Crippen LogP contribution in [0.4, 0.5) is 0 Å². The number of aryl methyl sites for hydroxylation is 1. The molecular formula is C20H16ClN5O2S. The van der Waals surface area contributed by atoms with Gasteiger partial charge in [0, 0.05) is 28.0 Å². The molecule has 4 aromatic rings. The summed E-state index contributed by atoms with van der Waals surface area (Å²) >= 11 is 5.97. The Labute approximate surface area is 172 Å². The fourth-order valence-electron chi connectivity index (χ4n) is 2.83. The summed E-state index contributed by atoms with van der Waals surface area (Å²) in [5, 5.41) is 5.80. The lowest BCUT2D eigenvalue weighted by Gasteiger charge is -2.06. The van der Waals surface area contributed by atoms with Crippen LogP contribution in [-0.4, -0.2) is 27.9 Å². The number of sulfonamides is 1. The number of aromatic nitrogens is 4. The smallest absolute Gasteiger partial charge is 0.238 e. The summed E-state index contributed by atoms with van der Waals surface area (Å²) in [6.07, 6.45) is 3.40. The molecule has 0 unspecified atom stereocenters. The predicted octanol–water partition coefficient (Wildman–Crippen LogP) is 3.61.